The van der Waals surface area contributed by atoms with Crippen molar-refractivity contribution in [3.8, 4) is 0 Å². The normalized spacial score (nSPS) is 26.9. The maximum Gasteiger partial charge on any atom is 0.337 e. The van der Waals surface area contributed by atoms with Crippen molar-refractivity contribution in [1.29, 1.82) is 0 Å². The lowest BCUT2D eigenvalue weighted by Crippen LogP contribution is -2.34. The summed E-state index contributed by atoms with van der Waals surface area (Å²) in [6.45, 7) is 4.20. The molecule has 0 aromatic rings. The summed E-state index contributed by atoms with van der Waals surface area (Å²) in [5.41, 5.74) is 0.747. The van der Waals surface area contributed by atoms with Crippen LogP contribution in [0.25, 0.3) is 0 Å². The van der Waals surface area contributed by atoms with Gasteiger partial charge in [-0.2, -0.15) is 0 Å². The number of ether oxygens (including phenoxy) is 2. The van der Waals surface area contributed by atoms with E-state index in [1.54, 1.807) is 0 Å². The second kappa shape index (κ2) is 3.76. The van der Waals surface area contributed by atoms with Crippen LogP contribution in [0.3, 0.4) is 0 Å². The first-order valence-electron chi connectivity index (χ1n) is 6.73. The second-order valence-corrected chi connectivity index (χ2v) is 5.54. The summed E-state index contributed by atoms with van der Waals surface area (Å²) in [4.78, 5) is 11.9. The molecule has 2 aliphatic carbocycles. The van der Waals surface area contributed by atoms with Gasteiger partial charge in [0.15, 0.2) is 0 Å². The molecule has 3 rings (SSSR count). The van der Waals surface area contributed by atoms with Crippen molar-refractivity contribution in [2.24, 2.45) is 11.8 Å². The zero-order chi connectivity index (χ0) is 12.0. The summed E-state index contributed by atoms with van der Waals surface area (Å²) < 4.78 is 11.3. The molecule has 94 valence electrons. The second-order valence-electron chi connectivity index (χ2n) is 5.54. The van der Waals surface area contributed by atoms with Gasteiger partial charge in [-0.15, -0.1) is 0 Å². The van der Waals surface area contributed by atoms with Crippen LogP contribution in [0.5, 0.6) is 0 Å². The van der Waals surface area contributed by atoms with Gasteiger partial charge in [0, 0.05) is 6.42 Å². The molecule has 0 amide bonds. The average Bonchev–Trinajstić information content (AvgIpc) is 3.14. The fraction of sp³-hybridized carbons (Fsp3) is 0.786. The Bertz CT molecular complexity index is 363. The molecule has 0 unspecified atom stereocenters. The lowest BCUT2D eigenvalue weighted by atomic mass is 9.86. The summed E-state index contributed by atoms with van der Waals surface area (Å²) in [5, 5.41) is 0. The van der Waals surface area contributed by atoms with Gasteiger partial charge in [-0.05, 0) is 51.4 Å². The fourth-order valence-corrected chi connectivity index (χ4v) is 3.15. The zero-order valence-electron chi connectivity index (χ0n) is 10.6. The molecule has 3 nitrogen and oxygen atoms in total. The van der Waals surface area contributed by atoms with Crippen molar-refractivity contribution < 1.29 is 14.3 Å². The van der Waals surface area contributed by atoms with Gasteiger partial charge in [0.25, 0.3) is 0 Å². The number of carbonyl (C=O) groups is 1. The molecule has 17 heavy (non-hydrogen) atoms. The van der Waals surface area contributed by atoms with Crippen LogP contribution in [0, 0.1) is 11.8 Å². The number of rotatable bonds is 4. The smallest absolute Gasteiger partial charge is 0.337 e. The Hall–Kier alpha value is -0.990. The highest BCUT2D eigenvalue weighted by molar-refractivity contribution is 5.89. The average molecular weight is 236 g/mol. The van der Waals surface area contributed by atoms with Crippen molar-refractivity contribution in [2.75, 3.05) is 6.61 Å². The standard InChI is InChI=1S/C14H20O3/c1-3-16-13(15)12-8-14(10-4-5-10,11-6-7-11)17-9(12)2/h10-11H,3-8H2,1-2H3. The molecular weight excluding hydrogens is 216 g/mol. The molecule has 3 aliphatic rings. The Balaban J connectivity index is 1.78. The minimum absolute atomic E-state index is 0.0355. The number of hydrogen-bond acceptors (Lipinski definition) is 3. The van der Waals surface area contributed by atoms with Crippen LogP contribution in [0.2, 0.25) is 0 Å². The first kappa shape index (κ1) is 11.1. The Morgan fingerprint density at radius 3 is 2.41 bits per heavy atom. The van der Waals surface area contributed by atoms with E-state index in [-0.39, 0.29) is 11.6 Å². The quantitative estimate of drug-likeness (QED) is 0.704. The summed E-state index contributed by atoms with van der Waals surface area (Å²) in [6.07, 6.45) is 5.84. The van der Waals surface area contributed by atoms with Crippen LogP contribution in [-0.4, -0.2) is 18.2 Å². The molecule has 0 bridgehead atoms. The number of allylic oxidation sites excluding steroid dienone is 1. The van der Waals surface area contributed by atoms with Gasteiger partial charge in [0.1, 0.15) is 11.4 Å². The number of hydrogen-bond donors (Lipinski definition) is 0. The molecule has 0 radical (unpaired) electrons. The molecule has 3 heteroatoms. The molecule has 0 saturated heterocycles. The van der Waals surface area contributed by atoms with Crippen molar-refractivity contribution in [2.45, 2.75) is 51.6 Å². The van der Waals surface area contributed by atoms with Crippen LogP contribution in [0.4, 0.5) is 0 Å². The predicted molar refractivity (Wildman–Crippen MR) is 63.2 cm³/mol. The molecule has 2 fully saturated rings. The van der Waals surface area contributed by atoms with Crippen molar-refractivity contribution in [3.05, 3.63) is 11.3 Å². The van der Waals surface area contributed by atoms with E-state index in [1.165, 1.54) is 25.7 Å². The van der Waals surface area contributed by atoms with Crippen molar-refractivity contribution in [3.63, 3.8) is 0 Å². The molecule has 0 atom stereocenters. The van der Waals surface area contributed by atoms with Crippen LogP contribution < -0.4 is 0 Å². The Kier molecular flexibility index (Phi) is 2.46. The Morgan fingerprint density at radius 1 is 1.35 bits per heavy atom. The highest BCUT2D eigenvalue weighted by Gasteiger charge is 2.59. The third-order valence-corrected chi connectivity index (χ3v) is 4.28. The van der Waals surface area contributed by atoms with E-state index in [4.69, 9.17) is 9.47 Å². The minimum Gasteiger partial charge on any atom is -0.490 e. The summed E-state index contributed by atoms with van der Waals surface area (Å²) in [6, 6.07) is 0. The fourth-order valence-electron chi connectivity index (χ4n) is 3.15. The van der Waals surface area contributed by atoms with E-state index in [1.807, 2.05) is 13.8 Å². The molecule has 0 aromatic carbocycles. The van der Waals surface area contributed by atoms with Gasteiger partial charge in [-0.3, -0.25) is 0 Å². The first-order valence-corrected chi connectivity index (χ1v) is 6.73. The summed E-state index contributed by atoms with van der Waals surface area (Å²) >= 11 is 0. The third kappa shape index (κ3) is 1.76. The van der Waals surface area contributed by atoms with E-state index in [0.717, 1.165) is 17.8 Å². The predicted octanol–water partition coefficient (Wildman–Crippen LogP) is 2.80. The molecule has 0 N–H and O–H groups in total. The van der Waals surface area contributed by atoms with Gasteiger partial charge in [0.2, 0.25) is 0 Å². The van der Waals surface area contributed by atoms with Crippen LogP contribution in [-0.2, 0) is 14.3 Å². The van der Waals surface area contributed by atoms with Crippen molar-refractivity contribution in [1.82, 2.24) is 0 Å². The van der Waals surface area contributed by atoms with E-state index >= 15 is 0 Å². The monoisotopic (exact) mass is 236 g/mol. The van der Waals surface area contributed by atoms with Crippen LogP contribution in [0.1, 0.15) is 46.0 Å². The van der Waals surface area contributed by atoms with E-state index in [9.17, 15) is 4.79 Å². The van der Waals surface area contributed by atoms with Gasteiger partial charge < -0.3 is 9.47 Å². The SMILES string of the molecule is CCOC(=O)C1=C(C)OC(C2CC2)(C2CC2)C1. The molecule has 1 heterocycles. The Labute approximate surface area is 102 Å². The molecular formula is C14H20O3. The highest BCUT2D eigenvalue weighted by Crippen LogP contribution is 2.60. The van der Waals surface area contributed by atoms with Gasteiger partial charge in [-0.1, -0.05) is 0 Å². The third-order valence-electron chi connectivity index (χ3n) is 4.28. The lowest BCUT2D eigenvalue weighted by Gasteiger charge is -2.30. The molecule has 1 aliphatic heterocycles. The van der Waals surface area contributed by atoms with Gasteiger partial charge in [-0.25, -0.2) is 4.79 Å². The van der Waals surface area contributed by atoms with Gasteiger partial charge in [0.05, 0.1) is 12.2 Å². The van der Waals surface area contributed by atoms with E-state index < -0.39 is 0 Å². The van der Waals surface area contributed by atoms with Crippen molar-refractivity contribution >= 4 is 5.97 Å². The topological polar surface area (TPSA) is 35.5 Å². The molecule has 2 saturated carbocycles. The molecule has 0 aromatic heterocycles. The lowest BCUT2D eigenvalue weighted by molar-refractivity contribution is -0.138. The first-order chi connectivity index (χ1) is 8.17. The molecule has 0 spiro atoms. The minimum atomic E-state index is -0.173. The Morgan fingerprint density at radius 2 is 1.94 bits per heavy atom. The largest absolute Gasteiger partial charge is 0.490 e. The highest BCUT2D eigenvalue weighted by atomic mass is 16.5. The van der Waals surface area contributed by atoms with E-state index in [0.29, 0.717) is 18.4 Å². The van der Waals surface area contributed by atoms with Crippen LogP contribution in [0.15, 0.2) is 11.3 Å². The van der Waals surface area contributed by atoms with Crippen LogP contribution >= 0.6 is 0 Å². The zero-order valence-corrected chi connectivity index (χ0v) is 10.6. The summed E-state index contributed by atoms with van der Waals surface area (Å²) in [5.74, 6) is 1.99. The van der Waals surface area contributed by atoms with E-state index in [2.05, 4.69) is 0 Å². The number of esters is 1. The summed E-state index contributed by atoms with van der Waals surface area (Å²) in [7, 11) is 0. The maximum atomic E-state index is 11.9. The maximum absolute atomic E-state index is 11.9. The number of carbonyl (C=O) groups excluding carboxylic acids is 1. The van der Waals surface area contributed by atoms with Gasteiger partial charge >= 0.3 is 5.97 Å².